The van der Waals surface area contributed by atoms with Gasteiger partial charge >= 0.3 is 5.97 Å². The average molecular weight is 173 g/mol. The molecule has 0 bridgehead atoms. The Labute approximate surface area is 69.4 Å². The third-order valence-electron chi connectivity index (χ3n) is 1.98. The lowest BCUT2D eigenvalue weighted by Crippen LogP contribution is -2.62. The molecule has 0 aromatic rings. The van der Waals surface area contributed by atoms with E-state index in [9.17, 15) is 9.59 Å². The second-order valence-corrected chi connectivity index (χ2v) is 2.98. The van der Waals surface area contributed by atoms with Gasteiger partial charge in [-0.2, -0.15) is 0 Å². The Hall–Kier alpha value is -1.10. The molecule has 5 heteroatoms. The number of aliphatic carboxylic acids is 1. The van der Waals surface area contributed by atoms with E-state index >= 15 is 0 Å². The number of carbonyl (C=O) groups is 2. The first-order valence-electron chi connectivity index (χ1n) is 3.72. The number of aliphatic hydroxyl groups is 1. The van der Waals surface area contributed by atoms with Crippen LogP contribution in [0.2, 0.25) is 0 Å². The quantitative estimate of drug-likeness (QED) is 0.475. The van der Waals surface area contributed by atoms with Gasteiger partial charge in [-0.3, -0.25) is 9.59 Å². The summed E-state index contributed by atoms with van der Waals surface area (Å²) in [6.45, 7) is 1.48. The summed E-state index contributed by atoms with van der Waals surface area (Å²) in [6, 6.07) is -0.407. The van der Waals surface area contributed by atoms with Crippen LogP contribution in [0.1, 0.15) is 13.3 Å². The number of β-lactam (4-membered cyclic amide) rings is 1. The minimum atomic E-state index is -0.967. The normalized spacial score (nSPS) is 30.3. The molecule has 3 atom stereocenters. The Morgan fingerprint density at radius 1 is 1.75 bits per heavy atom. The molecule has 1 fully saturated rings. The zero-order chi connectivity index (χ0) is 9.30. The van der Waals surface area contributed by atoms with E-state index in [0.717, 1.165) is 0 Å². The number of amides is 1. The number of carbonyl (C=O) groups excluding carboxylic acids is 1. The molecule has 1 saturated heterocycles. The highest BCUT2D eigenvalue weighted by Crippen LogP contribution is 2.21. The molecule has 68 valence electrons. The average Bonchev–Trinajstić information content (AvgIpc) is 1.82. The fraction of sp³-hybridized carbons (Fsp3) is 0.714. The van der Waals surface area contributed by atoms with E-state index in [-0.39, 0.29) is 12.3 Å². The molecule has 0 saturated carbocycles. The number of nitrogens with one attached hydrogen (secondary N) is 1. The number of rotatable bonds is 3. The van der Waals surface area contributed by atoms with Crippen molar-refractivity contribution in [2.45, 2.75) is 25.5 Å². The molecule has 1 aliphatic rings. The van der Waals surface area contributed by atoms with Crippen LogP contribution in [0.3, 0.4) is 0 Å². The third-order valence-corrected chi connectivity index (χ3v) is 1.98. The maximum Gasteiger partial charge on any atom is 0.305 e. The molecule has 5 nitrogen and oxygen atoms in total. The van der Waals surface area contributed by atoms with Gasteiger partial charge in [-0.1, -0.05) is 0 Å². The second-order valence-electron chi connectivity index (χ2n) is 2.98. The molecule has 0 aromatic heterocycles. The summed E-state index contributed by atoms with van der Waals surface area (Å²) in [5, 5.41) is 19.9. The molecular weight excluding hydrogens is 162 g/mol. The summed E-state index contributed by atoms with van der Waals surface area (Å²) in [5.41, 5.74) is 0. The summed E-state index contributed by atoms with van der Waals surface area (Å²) in [7, 11) is 0. The van der Waals surface area contributed by atoms with Gasteiger partial charge in [-0.15, -0.1) is 0 Å². The van der Waals surface area contributed by atoms with Crippen LogP contribution in [0.15, 0.2) is 0 Å². The number of aliphatic hydroxyl groups excluding tert-OH is 1. The molecule has 0 unspecified atom stereocenters. The lowest BCUT2D eigenvalue weighted by atomic mass is 9.84. The van der Waals surface area contributed by atoms with Crippen LogP contribution in [0, 0.1) is 5.92 Å². The molecule has 3 N–H and O–H groups in total. The van der Waals surface area contributed by atoms with Gasteiger partial charge in [0.05, 0.1) is 24.5 Å². The lowest BCUT2D eigenvalue weighted by molar-refractivity contribution is -0.146. The fourth-order valence-electron chi connectivity index (χ4n) is 1.38. The molecule has 0 aliphatic carbocycles. The van der Waals surface area contributed by atoms with Crippen LogP contribution in [0.5, 0.6) is 0 Å². The maximum atomic E-state index is 10.8. The SMILES string of the molecule is C[C@@H](O)[C@H]1C(=O)N[C@@H]1CC(=O)O. The molecule has 1 rings (SSSR count). The van der Waals surface area contributed by atoms with Gasteiger partial charge in [-0.05, 0) is 6.92 Å². The Bertz CT molecular complexity index is 213. The van der Waals surface area contributed by atoms with E-state index in [0.29, 0.717) is 0 Å². The first-order valence-corrected chi connectivity index (χ1v) is 3.72. The van der Waals surface area contributed by atoms with E-state index in [4.69, 9.17) is 10.2 Å². The van der Waals surface area contributed by atoms with Gasteiger partial charge in [0.15, 0.2) is 0 Å². The molecular formula is C7H11NO4. The summed E-state index contributed by atoms with van der Waals surface area (Å²) in [4.78, 5) is 21.0. The standard InChI is InChI=1S/C7H11NO4/c1-3(9)6-4(2-5(10)11)8-7(6)12/h3-4,6,9H,2H2,1H3,(H,8,12)(H,10,11)/t3-,4-,6-/m1/s1. The van der Waals surface area contributed by atoms with Crippen molar-refractivity contribution in [2.24, 2.45) is 5.92 Å². The maximum absolute atomic E-state index is 10.8. The van der Waals surface area contributed by atoms with Crippen molar-refractivity contribution >= 4 is 11.9 Å². The van der Waals surface area contributed by atoms with Crippen LogP contribution < -0.4 is 5.32 Å². The van der Waals surface area contributed by atoms with Crippen LogP contribution in [-0.4, -0.2) is 34.2 Å². The van der Waals surface area contributed by atoms with E-state index < -0.39 is 24.0 Å². The summed E-state index contributed by atoms with van der Waals surface area (Å²) < 4.78 is 0. The van der Waals surface area contributed by atoms with Crippen molar-refractivity contribution in [1.29, 1.82) is 0 Å². The number of carboxylic acids is 1. The molecule has 0 spiro atoms. The van der Waals surface area contributed by atoms with Crippen molar-refractivity contribution in [2.75, 3.05) is 0 Å². The van der Waals surface area contributed by atoms with Crippen molar-refractivity contribution < 1.29 is 19.8 Å². The van der Waals surface area contributed by atoms with Gasteiger partial charge in [0, 0.05) is 0 Å². The van der Waals surface area contributed by atoms with Crippen LogP contribution in [0.25, 0.3) is 0 Å². The number of hydrogen-bond acceptors (Lipinski definition) is 3. The third kappa shape index (κ3) is 1.55. The topological polar surface area (TPSA) is 86.6 Å². The Kier molecular flexibility index (Phi) is 2.32. The van der Waals surface area contributed by atoms with Crippen LogP contribution in [-0.2, 0) is 9.59 Å². The van der Waals surface area contributed by atoms with Gasteiger partial charge in [0.2, 0.25) is 5.91 Å². The second kappa shape index (κ2) is 3.10. The monoisotopic (exact) mass is 173 g/mol. The highest BCUT2D eigenvalue weighted by molar-refractivity contribution is 5.88. The van der Waals surface area contributed by atoms with Crippen molar-refractivity contribution in [3.8, 4) is 0 Å². The molecule has 1 heterocycles. The zero-order valence-corrected chi connectivity index (χ0v) is 6.65. The minimum Gasteiger partial charge on any atom is -0.481 e. The highest BCUT2D eigenvalue weighted by Gasteiger charge is 2.43. The number of hydrogen-bond donors (Lipinski definition) is 3. The van der Waals surface area contributed by atoms with Crippen molar-refractivity contribution in [3.63, 3.8) is 0 Å². The van der Waals surface area contributed by atoms with Crippen LogP contribution >= 0.6 is 0 Å². The van der Waals surface area contributed by atoms with Crippen molar-refractivity contribution in [3.05, 3.63) is 0 Å². The molecule has 1 amide bonds. The van der Waals surface area contributed by atoms with Gasteiger partial charge in [0.25, 0.3) is 0 Å². The predicted molar refractivity (Wildman–Crippen MR) is 39.4 cm³/mol. The fourth-order valence-corrected chi connectivity index (χ4v) is 1.38. The van der Waals surface area contributed by atoms with Gasteiger partial charge in [-0.25, -0.2) is 0 Å². The highest BCUT2D eigenvalue weighted by atomic mass is 16.4. The molecule has 1 aliphatic heterocycles. The van der Waals surface area contributed by atoms with E-state index in [1.807, 2.05) is 0 Å². The summed E-state index contributed by atoms with van der Waals surface area (Å²) in [6.07, 6.45) is -0.899. The largest absolute Gasteiger partial charge is 0.481 e. The number of carboxylic acid groups (broad SMARTS) is 1. The van der Waals surface area contributed by atoms with E-state index in [2.05, 4.69) is 5.32 Å². The lowest BCUT2D eigenvalue weighted by Gasteiger charge is -2.37. The van der Waals surface area contributed by atoms with Gasteiger partial charge in [0.1, 0.15) is 0 Å². The smallest absolute Gasteiger partial charge is 0.305 e. The Morgan fingerprint density at radius 3 is 2.67 bits per heavy atom. The molecule has 0 radical (unpaired) electrons. The molecule has 12 heavy (non-hydrogen) atoms. The summed E-state index contributed by atoms with van der Waals surface area (Å²) in [5.74, 6) is -1.79. The van der Waals surface area contributed by atoms with E-state index in [1.54, 1.807) is 0 Å². The molecule has 0 aromatic carbocycles. The first-order chi connectivity index (χ1) is 5.52. The Balaban J connectivity index is 2.48. The predicted octanol–water partition coefficient (Wildman–Crippen LogP) is -1.04. The van der Waals surface area contributed by atoms with Gasteiger partial charge < -0.3 is 15.5 Å². The minimum absolute atomic E-state index is 0.124. The Morgan fingerprint density at radius 2 is 2.33 bits per heavy atom. The van der Waals surface area contributed by atoms with Crippen LogP contribution in [0.4, 0.5) is 0 Å². The summed E-state index contributed by atoms with van der Waals surface area (Å²) >= 11 is 0. The van der Waals surface area contributed by atoms with E-state index in [1.165, 1.54) is 6.92 Å². The van der Waals surface area contributed by atoms with Crippen molar-refractivity contribution in [1.82, 2.24) is 5.32 Å². The zero-order valence-electron chi connectivity index (χ0n) is 6.65. The first kappa shape index (κ1) is 8.99.